The summed E-state index contributed by atoms with van der Waals surface area (Å²) in [6.07, 6.45) is -0.591. The average molecular weight is 471 g/mol. The predicted octanol–water partition coefficient (Wildman–Crippen LogP) is 3.57. The van der Waals surface area contributed by atoms with Gasteiger partial charge in [0, 0.05) is 19.5 Å². The van der Waals surface area contributed by atoms with Crippen molar-refractivity contribution in [3.63, 3.8) is 0 Å². The van der Waals surface area contributed by atoms with Crippen LogP contribution in [-0.4, -0.2) is 44.7 Å². The Hall–Kier alpha value is -2.52. The van der Waals surface area contributed by atoms with Crippen LogP contribution < -0.4 is 0 Å². The summed E-state index contributed by atoms with van der Waals surface area (Å²) < 4.78 is 56.6. The summed E-state index contributed by atoms with van der Waals surface area (Å²) in [5, 5.41) is 0. The molecule has 0 N–H and O–H groups in total. The lowest BCUT2D eigenvalue weighted by molar-refractivity contribution is 0.284. The van der Waals surface area contributed by atoms with Crippen LogP contribution in [0.25, 0.3) is 0 Å². The minimum atomic E-state index is -3.88. The van der Waals surface area contributed by atoms with Crippen LogP contribution in [0.1, 0.15) is 16.7 Å². The first-order valence-electron chi connectivity index (χ1n) is 10.4. The van der Waals surface area contributed by atoms with E-state index in [9.17, 15) is 16.8 Å². The lowest BCUT2D eigenvalue weighted by atomic mass is 10.1. The molecule has 0 aromatic heterocycles. The Labute approximate surface area is 190 Å². The molecule has 0 radical (unpaired) electrons. The van der Waals surface area contributed by atoms with Crippen LogP contribution in [0.15, 0.2) is 88.7 Å². The van der Waals surface area contributed by atoms with Gasteiger partial charge in [-0.05, 0) is 43.7 Å². The highest BCUT2D eigenvalue weighted by atomic mass is 32.2. The van der Waals surface area contributed by atoms with Crippen LogP contribution in [0.3, 0.4) is 0 Å². The third kappa shape index (κ3) is 4.36. The molecular formula is C24H26N2O4S2. The van der Waals surface area contributed by atoms with Crippen molar-refractivity contribution in [3.8, 4) is 0 Å². The van der Waals surface area contributed by atoms with Crippen LogP contribution in [0.2, 0.25) is 0 Å². The summed E-state index contributed by atoms with van der Waals surface area (Å²) in [6.45, 7) is 3.97. The summed E-state index contributed by atoms with van der Waals surface area (Å²) in [7, 11) is -7.76. The van der Waals surface area contributed by atoms with E-state index in [4.69, 9.17) is 0 Å². The second-order valence-electron chi connectivity index (χ2n) is 8.03. The Morgan fingerprint density at radius 1 is 0.656 bits per heavy atom. The van der Waals surface area contributed by atoms with E-state index in [-0.39, 0.29) is 29.3 Å². The molecule has 1 fully saturated rings. The second kappa shape index (κ2) is 8.78. The highest BCUT2D eigenvalue weighted by Gasteiger charge is 2.45. The topological polar surface area (TPSA) is 74.8 Å². The minimum absolute atomic E-state index is 0.0960. The molecule has 3 aromatic carbocycles. The van der Waals surface area contributed by atoms with Crippen molar-refractivity contribution in [3.05, 3.63) is 95.6 Å². The van der Waals surface area contributed by atoms with E-state index in [0.717, 1.165) is 16.7 Å². The lowest BCUT2D eigenvalue weighted by Gasteiger charge is -2.29. The Morgan fingerprint density at radius 2 is 1.06 bits per heavy atom. The molecular weight excluding hydrogens is 444 g/mol. The predicted molar refractivity (Wildman–Crippen MR) is 124 cm³/mol. The van der Waals surface area contributed by atoms with E-state index < -0.39 is 26.2 Å². The largest absolute Gasteiger partial charge is 0.244 e. The van der Waals surface area contributed by atoms with Gasteiger partial charge in [-0.25, -0.2) is 16.8 Å². The number of rotatable bonds is 6. The van der Waals surface area contributed by atoms with Crippen molar-refractivity contribution in [1.29, 1.82) is 0 Å². The van der Waals surface area contributed by atoms with Gasteiger partial charge < -0.3 is 0 Å². The van der Waals surface area contributed by atoms with Crippen molar-refractivity contribution in [2.75, 3.05) is 13.1 Å². The highest BCUT2D eigenvalue weighted by molar-refractivity contribution is 7.90. The van der Waals surface area contributed by atoms with Crippen molar-refractivity contribution >= 4 is 20.0 Å². The Balaban J connectivity index is 1.76. The molecule has 1 heterocycles. The van der Waals surface area contributed by atoms with E-state index in [1.54, 1.807) is 48.5 Å². The minimum Gasteiger partial charge on any atom is -0.207 e. The molecule has 168 valence electrons. The summed E-state index contributed by atoms with van der Waals surface area (Å²) in [5.74, 6) is 0. The maximum absolute atomic E-state index is 13.5. The zero-order valence-electron chi connectivity index (χ0n) is 18.0. The number of nitrogens with zero attached hydrogens (tertiary/aromatic N) is 2. The summed E-state index contributed by atoms with van der Waals surface area (Å²) in [4.78, 5) is 0.325. The summed E-state index contributed by atoms with van der Waals surface area (Å²) in [6, 6.07) is 22.6. The molecule has 32 heavy (non-hydrogen) atoms. The zero-order valence-corrected chi connectivity index (χ0v) is 19.7. The van der Waals surface area contributed by atoms with E-state index in [0.29, 0.717) is 0 Å². The molecule has 0 saturated carbocycles. The third-order valence-corrected chi connectivity index (χ3v) is 9.54. The molecule has 0 bridgehead atoms. The SMILES string of the molecule is Cc1ccc(S(=O)(=O)N2CCN(S(=O)(=O)c3ccc(C)cc3)C2Cc2ccccc2)cc1. The van der Waals surface area contributed by atoms with Gasteiger partial charge in [-0.15, -0.1) is 0 Å². The van der Waals surface area contributed by atoms with E-state index in [1.807, 2.05) is 44.2 Å². The molecule has 1 aliphatic rings. The van der Waals surface area contributed by atoms with Gasteiger partial charge in [0.1, 0.15) is 0 Å². The monoisotopic (exact) mass is 470 g/mol. The smallest absolute Gasteiger partial charge is 0.207 e. The zero-order chi connectivity index (χ0) is 22.9. The number of benzene rings is 3. The van der Waals surface area contributed by atoms with Crippen molar-refractivity contribution in [1.82, 2.24) is 8.61 Å². The maximum Gasteiger partial charge on any atom is 0.244 e. The van der Waals surface area contributed by atoms with Crippen LogP contribution in [0, 0.1) is 13.8 Å². The van der Waals surface area contributed by atoms with Gasteiger partial charge in [-0.3, -0.25) is 0 Å². The third-order valence-electron chi connectivity index (χ3n) is 5.72. The molecule has 6 nitrogen and oxygen atoms in total. The number of hydrogen-bond donors (Lipinski definition) is 0. The molecule has 1 saturated heterocycles. The highest BCUT2D eigenvalue weighted by Crippen LogP contribution is 2.31. The molecule has 3 aromatic rings. The average Bonchev–Trinajstić information content (AvgIpc) is 3.20. The Morgan fingerprint density at radius 3 is 1.47 bits per heavy atom. The van der Waals surface area contributed by atoms with Crippen LogP contribution in [-0.2, 0) is 26.5 Å². The molecule has 8 heteroatoms. The fourth-order valence-electron chi connectivity index (χ4n) is 3.92. The number of aryl methyl sites for hydroxylation is 2. The van der Waals surface area contributed by atoms with Crippen LogP contribution in [0.5, 0.6) is 0 Å². The van der Waals surface area contributed by atoms with Gasteiger partial charge in [0.15, 0.2) is 0 Å². The van der Waals surface area contributed by atoms with Gasteiger partial charge >= 0.3 is 0 Å². The number of sulfonamides is 2. The lowest BCUT2D eigenvalue weighted by Crippen LogP contribution is -2.45. The van der Waals surface area contributed by atoms with Gasteiger partial charge in [-0.1, -0.05) is 65.7 Å². The fraction of sp³-hybridized carbons (Fsp3) is 0.250. The molecule has 0 unspecified atom stereocenters. The fourth-order valence-corrected chi connectivity index (χ4v) is 7.14. The van der Waals surface area contributed by atoms with Crippen LogP contribution >= 0.6 is 0 Å². The van der Waals surface area contributed by atoms with Crippen molar-refractivity contribution in [2.45, 2.75) is 36.2 Å². The van der Waals surface area contributed by atoms with Gasteiger partial charge in [0.25, 0.3) is 0 Å². The van der Waals surface area contributed by atoms with Crippen molar-refractivity contribution < 1.29 is 16.8 Å². The normalized spacial score (nSPS) is 16.4. The molecule has 0 atom stereocenters. The standard InChI is InChI=1S/C24H26N2O4S2/c1-19-8-12-22(13-9-19)31(27,28)25-16-17-26(24(25)18-21-6-4-3-5-7-21)32(29,30)23-14-10-20(2)11-15-23/h3-15,24H,16-18H2,1-2H3. The molecule has 0 amide bonds. The van der Waals surface area contributed by atoms with Gasteiger partial charge in [0.05, 0.1) is 16.0 Å². The summed E-state index contributed by atoms with van der Waals surface area (Å²) >= 11 is 0. The molecule has 4 rings (SSSR count). The first kappa shape index (κ1) is 22.7. The second-order valence-corrected chi connectivity index (χ2v) is 11.8. The van der Waals surface area contributed by atoms with Crippen LogP contribution in [0.4, 0.5) is 0 Å². The first-order valence-corrected chi connectivity index (χ1v) is 13.3. The van der Waals surface area contributed by atoms with Gasteiger partial charge in [-0.2, -0.15) is 8.61 Å². The van der Waals surface area contributed by atoms with E-state index >= 15 is 0 Å². The van der Waals surface area contributed by atoms with Crippen molar-refractivity contribution in [2.24, 2.45) is 0 Å². The van der Waals surface area contributed by atoms with E-state index in [2.05, 4.69) is 0 Å². The Bertz CT molecular complexity index is 1200. The Kier molecular flexibility index (Phi) is 6.22. The molecule has 0 aliphatic carbocycles. The molecule has 0 spiro atoms. The molecule has 1 aliphatic heterocycles. The van der Waals surface area contributed by atoms with E-state index in [1.165, 1.54) is 8.61 Å². The first-order chi connectivity index (χ1) is 15.2. The quantitative estimate of drug-likeness (QED) is 0.552. The summed E-state index contributed by atoms with van der Waals surface area (Å²) in [5.41, 5.74) is 2.78. The number of hydrogen-bond acceptors (Lipinski definition) is 4. The maximum atomic E-state index is 13.5. The van der Waals surface area contributed by atoms with Gasteiger partial charge in [0.2, 0.25) is 20.0 Å².